The van der Waals surface area contributed by atoms with Crippen molar-refractivity contribution in [3.63, 3.8) is 0 Å². The van der Waals surface area contributed by atoms with Crippen LogP contribution in [0, 0.1) is 13.8 Å². The number of imidazole rings is 1. The maximum Gasteiger partial charge on any atom is 0.327 e. The molecule has 0 aliphatic carbocycles. The number of carbonyl (C=O) groups excluding carboxylic acids is 1. The maximum atomic E-state index is 12.8. The normalized spacial score (nSPS) is 11.9. The molecule has 0 aliphatic rings. The smallest absolute Gasteiger partial charge is 0.327 e. The van der Waals surface area contributed by atoms with Gasteiger partial charge < -0.3 is 15.4 Å². The van der Waals surface area contributed by atoms with Crippen molar-refractivity contribution in [2.24, 2.45) is 0 Å². The van der Waals surface area contributed by atoms with E-state index in [4.69, 9.17) is 0 Å². The van der Waals surface area contributed by atoms with Gasteiger partial charge in [-0.25, -0.2) is 9.78 Å². The van der Waals surface area contributed by atoms with Crippen LogP contribution < -0.4 is 5.32 Å². The highest BCUT2D eigenvalue weighted by atomic mass is 32.2. The van der Waals surface area contributed by atoms with Crippen LogP contribution in [0.5, 0.6) is 0 Å². The molecular formula is C24H22N4O3S. The summed E-state index contributed by atoms with van der Waals surface area (Å²) in [5.74, 6) is -0.615. The third-order valence-corrected chi connectivity index (χ3v) is 6.31. The second kappa shape index (κ2) is 9.23. The molecule has 2 aromatic heterocycles. The fraction of sp³-hybridized carbons (Fsp3) is 0.167. The number of aliphatic carboxylic acids is 1. The van der Waals surface area contributed by atoms with E-state index in [-0.39, 0.29) is 5.75 Å². The first-order valence-electron chi connectivity index (χ1n) is 10.0. The summed E-state index contributed by atoms with van der Waals surface area (Å²) in [5.41, 5.74) is 4.90. The van der Waals surface area contributed by atoms with Gasteiger partial charge in [0.05, 0.1) is 11.0 Å². The number of nitrogens with one attached hydrogen (secondary N) is 2. The zero-order valence-corrected chi connectivity index (χ0v) is 18.4. The van der Waals surface area contributed by atoms with Gasteiger partial charge in [-0.1, -0.05) is 17.7 Å². The van der Waals surface area contributed by atoms with Crippen LogP contribution in [-0.4, -0.2) is 43.7 Å². The number of carboxylic acid groups (broad SMARTS) is 1. The second-order valence-corrected chi connectivity index (χ2v) is 8.56. The van der Waals surface area contributed by atoms with E-state index in [1.807, 2.05) is 38.1 Å². The zero-order valence-electron chi connectivity index (χ0n) is 17.6. The summed E-state index contributed by atoms with van der Waals surface area (Å²) >= 11 is 1.42. The van der Waals surface area contributed by atoms with Crippen molar-refractivity contribution in [3.8, 4) is 11.4 Å². The van der Waals surface area contributed by atoms with E-state index in [9.17, 15) is 14.7 Å². The number of hydrogen-bond acceptors (Lipinski definition) is 5. The van der Waals surface area contributed by atoms with Crippen molar-refractivity contribution in [2.75, 3.05) is 5.75 Å². The predicted molar refractivity (Wildman–Crippen MR) is 125 cm³/mol. The van der Waals surface area contributed by atoms with Crippen LogP contribution in [-0.2, 0) is 4.79 Å². The minimum atomic E-state index is -1.07. The number of aromatic amines is 1. The molecule has 1 atom stereocenters. The third kappa shape index (κ3) is 4.81. The molecule has 7 nitrogen and oxygen atoms in total. The van der Waals surface area contributed by atoms with Gasteiger partial charge in [-0.15, -0.1) is 11.8 Å². The van der Waals surface area contributed by atoms with Crippen LogP contribution in [0.15, 0.2) is 65.8 Å². The number of amides is 1. The van der Waals surface area contributed by atoms with Gasteiger partial charge in [-0.2, -0.15) is 0 Å². The minimum absolute atomic E-state index is 0.226. The SMILES string of the molecule is Cc1ccc(SCC(NC(=O)c2ccc3nc(-c4ccncc4)[nH]c3c2)C(=O)O)c(C)c1. The number of carbonyl (C=O) groups is 2. The van der Waals surface area contributed by atoms with Gasteiger partial charge in [-0.3, -0.25) is 9.78 Å². The van der Waals surface area contributed by atoms with Gasteiger partial charge in [0.2, 0.25) is 0 Å². The molecule has 0 fully saturated rings. The third-order valence-electron chi connectivity index (χ3n) is 5.04. The number of aromatic nitrogens is 3. The Bertz CT molecular complexity index is 1290. The minimum Gasteiger partial charge on any atom is -0.480 e. The highest BCUT2D eigenvalue weighted by Crippen LogP contribution is 2.24. The van der Waals surface area contributed by atoms with Gasteiger partial charge in [0.15, 0.2) is 0 Å². The average Bonchev–Trinajstić information content (AvgIpc) is 3.21. The summed E-state index contributed by atoms with van der Waals surface area (Å²) in [7, 11) is 0. The fourth-order valence-electron chi connectivity index (χ4n) is 3.35. The van der Waals surface area contributed by atoms with E-state index >= 15 is 0 Å². The summed E-state index contributed by atoms with van der Waals surface area (Å²) < 4.78 is 0. The average molecular weight is 447 g/mol. The molecule has 0 spiro atoms. The molecular weight excluding hydrogens is 424 g/mol. The number of thioether (sulfide) groups is 1. The van der Waals surface area contributed by atoms with Gasteiger partial charge >= 0.3 is 5.97 Å². The zero-order chi connectivity index (χ0) is 22.7. The van der Waals surface area contributed by atoms with Crippen LogP contribution in [0.25, 0.3) is 22.4 Å². The van der Waals surface area contributed by atoms with E-state index in [0.29, 0.717) is 22.4 Å². The second-order valence-electron chi connectivity index (χ2n) is 7.50. The molecule has 0 saturated heterocycles. The Morgan fingerprint density at radius 1 is 1.09 bits per heavy atom. The molecule has 0 saturated carbocycles. The van der Waals surface area contributed by atoms with Crippen LogP contribution in [0.4, 0.5) is 0 Å². The lowest BCUT2D eigenvalue weighted by Crippen LogP contribution is -2.42. The Kier molecular flexibility index (Phi) is 6.23. The molecule has 0 aliphatic heterocycles. The molecule has 4 aromatic rings. The van der Waals surface area contributed by atoms with Crippen molar-refractivity contribution in [3.05, 3.63) is 77.6 Å². The Hall–Kier alpha value is -3.65. The van der Waals surface area contributed by atoms with E-state index in [1.165, 1.54) is 11.8 Å². The van der Waals surface area contributed by atoms with Crippen LogP contribution >= 0.6 is 11.8 Å². The van der Waals surface area contributed by atoms with Crippen molar-refractivity contribution < 1.29 is 14.7 Å². The number of rotatable bonds is 7. The first-order valence-corrected chi connectivity index (χ1v) is 11.0. The summed E-state index contributed by atoms with van der Waals surface area (Å²) in [5, 5.41) is 12.2. The summed E-state index contributed by atoms with van der Waals surface area (Å²) in [6.07, 6.45) is 3.37. The lowest BCUT2D eigenvalue weighted by Gasteiger charge is -2.15. The molecule has 162 valence electrons. The van der Waals surface area contributed by atoms with Crippen molar-refractivity contribution in [2.45, 2.75) is 24.8 Å². The predicted octanol–water partition coefficient (Wildman–Crippen LogP) is 4.22. The van der Waals surface area contributed by atoms with E-state index < -0.39 is 17.9 Å². The van der Waals surface area contributed by atoms with E-state index in [2.05, 4.69) is 26.3 Å². The van der Waals surface area contributed by atoms with Gasteiger partial charge in [0, 0.05) is 34.2 Å². The van der Waals surface area contributed by atoms with Crippen molar-refractivity contribution >= 4 is 34.7 Å². The molecule has 1 unspecified atom stereocenters. The number of H-pyrrole nitrogens is 1. The lowest BCUT2D eigenvalue weighted by atomic mass is 10.1. The molecule has 1 amide bonds. The Morgan fingerprint density at radius 3 is 2.59 bits per heavy atom. The number of nitrogens with zero attached hydrogens (tertiary/aromatic N) is 2. The Balaban J connectivity index is 1.48. The molecule has 8 heteroatoms. The first-order chi connectivity index (χ1) is 15.4. The highest BCUT2D eigenvalue weighted by Gasteiger charge is 2.22. The number of carboxylic acids is 1. The molecule has 0 bridgehead atoms. The Morgan fingerprint density at radius 2 is 1.88 bits per heavy atom. The molecule has 0 radical (unpaired) electrons. The van der Waals surface area contributed by atoms with E-state index in [0.717, 1.165) is 21.6 Å². The maximum absolute atomic E-state index is 12.8. The molecule has 2 aromatic carbocycles. The topological polar surface area (TPSA) is 108 Å². The number of hydrogen-bond donors (Lipinski definition) is 3. The summed E-state index contributed by atoms with van der Waals surface area (Å²) in [4.78, 5) is 37.3. The van der Waals surface area contributed by atoms with Crippen LogP contribution in [0.1, 0.15) is 21.5 Å². The number of fused-ring (bicyclic) bond motifs is 1. The van der Waals surface area contributed by atoms with Crippen LogP contribution in [0.3, 0.4) is 0 Å². The molecule has 3 N–H and O–H groups in total. The largest absolute Gasteiger partial charge is 0.480 e. The van der Waals surface area contributed by atoms with Gasteiger partial charge in [-0.05, 0) is 55.8 Å². The molecule has 2 heterocycles. The van der Waals surface area contributed by atoms with Crippen molar-refractivity contribution in [1.29, 1.82) is 0 Å². The lowest BCUT2D eigenvalue weighted by molar-refractivity contribution is -0.138. The quantitative estimate of drug-likeness (QED) is 0.367. The summed E-state index contributed by atoms with van der Waals surface area (Å²) in [6, 6.07) is 13.8. The van der Waals surface area contributed by atoms with Gasteiger partial charge in [0.25, 0.3) is 5.91 Å². The van der Waals surface area contributed by atoms with Gasteiger partial charge in [0.1, 0.15) is 11.9 Å². The monoisotopic (exact) mass is 446 g/mol. The Labute approximate surface area is 189 Å². The summed E-state index contributed by atoms with van der Waals surface area (Å²) in [6.45, 7) is 4.00. The number of aryl methyl sites for hydroxylation is 2. The first kappa shape index (κ1) is 21.6. The van der Waals surface area contributed by atoms with E-state index in [1.54, 1.807) is 30.6 Å². The molecule has 32 heavy (non-hydrogen) atoms. The van der Waals surface area contributed by atoms with Crippen LogP contribution in [0.2, 0.25) is 0 Å². The standard InChI is InChI=1S/C24H22N4O3S/c1-14-3-6-21(15(2)11-14)32-13-20(24(30)31)28-23(29)17-4-5-18-19(12-17)27-22(26-18)16-7-9-25-10-8-16/h3-12,20H,13H2,1-2H3,(H,26,27)(H,28,29)(H,30,31). The number of benzene rings is 2. The highest BCUT2D eigenvalue weighted by molar-refractivity contribution is 7.99. The molecule has 4 rings (SSSR count). The van der Waals surface area contributed by atoms with Crippen molar-refractivity contribution in [1.82, 2.24) is 20.3 Å². The fourth-order valence-corrected chi connectivity index (χ4v) is 4.37. The number of pyridine rings is 1.